The third-order valence-electron chi connectivity index (χ3n) is 5.95. The SMILES string of the molecule is N#Cc1ccc(OP(=O)(CNS(=O)(=O)c2cc3c(Cl)c(OCCCl)ccc3s2)Oc2ccc(C#N)c(C(F)(F)F)c2)cc1C(F)(F)F. The third kappa shape index (κ3) is 8.43. The van der Waals surface area contributed by atoms with E-state index in [1.54, 1.807) is 0 Å². The van der Waals surface area contributed by atoms with E-state index in [1.165, 1.54) is 24.3 Å². The fourth-order valence-electron chi connectivity index (χ4n) is 3.89. The first-order valence-electron chi connectivity index (χ1n) is 12.5. The van der Waals surface area contributed by atoms with Crippen LogP contribution in [0.25, 0.3) is 10.1 Å². The molecule has 0 spiro atoms. The molecule has 0 bridgehead atoms. The summed E-state index contributed by atoms with van der Waals surface area (Å²) in [4.78, 5) is 0. The fraction of sp³-hybridized carbons (Fsp3) is 0.185. The average molecular weight is 758 g/mol. The van der Waals surface area contributed by atoms with Gasteiger partial charge in [0.2, 0.25) is 0 Å². The van der Waals surface area contributed by atoms with Crippen LogP contribution in [0.3, 0.4) is 0 Å². The Morgan fingerprint density at radius 1 is 0.872 bits per heavy atom. The molecule has 0 saturated heterocycles. The summed E-state index contributed by atoms with van der Waals surface area (Å²) >= 11 is 12.7. The number of alkyl halides is 7. The molecule has 4 rings (SSSR count). The molecule has 1 N–H and O–H groups in total. The maximum absolute atomic E-state index is 13.9. The summed E-state index contributed by atoms with van der Waals surface area (Å²) in [5.74, 6) is -1.28. The molecule has 248 valence electrons. The summed E-state index contributed by atoms with van der Waals surface area (Å²) in [7, 11) is -9.68. The molecule has 0 amide bonds. The first-order chi connectivity index (χ1) is 21.9. The van der Waals surface area contributed by atoms with Gasteiger partial charge in [-0.05, 0) is 54.6 Å². The lowest BCUT2D eigenvalue weighted by Gasteiger charge is -2.22. The van der Waals surface area contributed by atoms with Crippen LogP contribution in [0.15, 0.2) is 58.8 Å². The Labute approximate surface area is 276 Å². The van der Waals surface area contributed by atoms with Crippen molar-refractivity contribution < 1.29 is 53.1 Å². The van der Waals surface area contributed by atoms with E-state index in [-0.39, 0.29) is 32.9 Å². The van der Waals surface area contributed by atoms with Crippen LogP contribution in [0.1, 0.15) is 22.3 Å². The minimum Gasteiger partial charge on any atom is -0.491 e. The van der Waals surface area contributed by atoms with E-state index in [4.69, 9.17) is 47.5 Å². The van der Waals surface area contributed by atoms with Gasteiger partial charge in [-0.25, -0.2) is 13.0 Å². The summed E-state index contributed by atoms with van der Waals surface area (Å²) in [5.41, 5.74) is -4.66. The number of halogens is 8. The van der Waals surface area contributed by atoms with Crippen LogP contribution in [-0.2, 0) is 26.9 Å². The summed E-state index contributed by atoms with van der Waals surface area (Å²) in [6.45, 7) is 0.103. The summed E-state index contributed by atoms with van der Waals surface area (Å²) in [5, 5.41) is 18.4. The first kappa shape index (κ1) is 36.1. The second-order valence-electron chi connectivity index (χ2n) is 9.13. The molecule has 1 aromatic heterocycles. The van der Waals surface area contributed by atoms with Crippen molar-refractivity contribution in [2.24, 2.45) is 0 Å². The van der Waals surface area contributed by atoms with E-state index >= 15 is 0 Å². The lowest BCUT2D eigenvalue weighted by atomic mass is 10.1. The predicted molar refractivity (Wildman–Crippen MR) is 159 cm³/mol. The number of hydrogen-bond acceptors (Lipinski definition) is 9. The Morgan fingerprint density at radius 3 is 1.87 bits per heavy atom. The smallest absolute Gasteiger partial charge is 0.445 e. The molecule has 0 fully saturated rings. The van der Waals surface area contributed by atoms with Crippen LogP contribution < -0.4 is 18.5 Å². The molecule has 3 aromatic carbocycles. The van der Waals surface area contributed by atoms with Gasteiger partial charge in [0, 0.05) is 10.1 Å². The topological polar surface area (TPSA) is 139 Å². The molecule has 0 aliphatic rings. The highest BCUT2D eigenvalue weighted by Crippen LogP contribution is 2.50. The Hall–Kier alpha value is -3.70. The number of thiophene rings is 1. The van der Waals surface area contributed by atoms with Crippen molar-refractivity contribution in [3.8, 4) is 29.4 Å². The molecule has 9 nitrogen and oxygen atoms in total. The molecule has 47 heavy (non-hydrogen) atoms. The fourth-order valence-corrected chi connectivity index (χ4v) is 8.75. The number of sulfonamides is 1. The molecule has 0 unspecified atom stereocenters. The molecule has 0 saturated carbocycles. The van der Waals surface area contributed by atoms with Gasteiger partial charge >= 0.3 is 19.9 Å². The summed E-state index contributed by atoms with van der Waals surface area (Å²) < 4.78 is 140. The van der Waals surface area contributed by atoms with E-state index < -0.39 is 70.0 Å². The molecule has 0 aliphatic heterocycles. The van der Waals surface area contributed by atoms with Crippen LogP contribution in [0.4, 0.5) is 26.3 Å². The number of fused-ring (bicyclic) bond motifs is 1. The van der Waals surface area contributed by atoms with E-state index in [0.29, 0.717) is 29.0 Å². The number of hydrogen-bond donors (Lipinski definition) is 1. The number of rotatable bonds is 11. The molecule has 0 radical (unpaired) electrons. The number of nitriles is 2. The highest BCUT2D eigenvalue weighted by atomic mass is 35.5. The molecule has 20 heteroatoms. The monoisotopic (exact) mass is 757 g/mol. The largest absolute Gasteiger partial charge is 0.491 e. The maximum atomic E-state index is 13.9. The Bertz CT molecular complexity index is 2000. The van der Waals surface area contributed by atoms with Crippen molar-refractivity contribution in [3.63, 3.8) is 0 Å². The van der Waals surface area contributed by atoms with E-state index in [0.717, 1.165) is 29.5 Å². The highest BCUT2D eigenvalue weighted by molar-refractivity contribution is 7.92. The zero-order chi connectivity index (χ0) is 34.8. The van der Waals surface area contributed by atoms with Crippen molar-refractivity contribution >= 4 is 62.2 Å². The van der Waals surface area contributed by atoms with Crippen LogP contribution >= 0.6 is 42.1 Å². The first-order valence-corrected chi connectivity index (χ1v) is 17.5. The van der Waals surface area contributed by atoms with Crippen molar-refractivity contribution in [2.45, 2.75) is 16.6 Å². The zero-order valence-corrected chi connectivity index (χ0v) is 27.0. The van der Waals surface area contributed by atoms with Crippen LogP contribution in [0.5, 0.6) is 17.2 Å². The molecule has 0 aliphatic carbocycles. The van der Waals surface area contributed by atoms with Crippen molar-refractivity contribution in [3.05, 3.63) is 81.9 Å². The second-order valence-corrected chi connectivity index (χ2v) is 14.9. The van der Waals surface area contributed by atoms with Gasteiger partial charge in [0.05, 0.1) is 45.3 Å². The Balaban J connectivity index is 1.72. The minimum atomic E-state index is -5.08. The summed E-state index contributed by atoms with van der Waals surface area (Å²) in [6, 6.07) is 10.4. The van der Waals surface area contributed by atoms with E-state index in [9.17, 15) is 39.3 Å². The van der Waals surface area contributed by atoms with Gasteiger partial charge in [0.15, 0.2) is 0 Å². The van der Waals surface area contributed by atoms with Gasteiger partial charge < -0.3 is 13.8 Å². The molecular formula is C27H16Cl2F6N3O6PS2. The molecule has 4 aromatic rings. The van der Waals surface area contributed by atoms with E-state index in [1.807, 2.05) is 4.72 Å². The lowest BCUT2D eigenvalue weighted by Crippen LogP contribution is -2.26. The number of ether oxygens (including phenoxy) is 1. The third-order valence-corrected chi connectivity index (χ3v) is 11.2. The van der Waals surface area contributed by atoms with Crippen molar-refractivity contribution in [1.82, 2.24) is 4.72 Å². The zero-order valence-electron chi connectivity index (χ0n) is 22.9. The van der Waals surface area contributed by atoms with Gasteiger partial charge in [-0.2, -0.15) is 41.6 Å². The maximum Gasteiger partial charge on any atom is 0.445 e. The number of nitrogens with zero attached hydrogens (tertiary/aromatic N) is 2. The van der Waals surface area contributed by atoms with Gasteiger partial charge in [-0.15, -0.1) is 22.9 Å². The predicted octanol–water partition coefficient (Wildman–Crippen LogP) is 8.54. The van der Waals surface area contributed by atoms with Crippen LogP contribution in [-0.4, -0.2) is 27.2 Å². The highest BCUT2D eigenvalue weighted by Gasteiger charge is 2.38. The second kappa shape index (κ2) is 13.8. The van der Waals surface area contributed by atoms with Gasteiger partial charge in [0.25, 0.3) is 10.0 Å². The standard InChI is InChI=1S/C27H16Cl2F6N3O6PS2/c28-7-8-42-22-5-6-23-19(25(22)29)11-24(46-23)47(40,41)38-14-45(39,43-17-3-1-15(12-36)20(9-17)26(30,31)32)44-18-4-2-16(13-37)21(10-18)27(33,34)35/h1-6,9-11,38H,7-8,14H2. The Kier molecular flexibility index (Phi) is 10.6. The van der Waals surface area contributed by atoms with Crippen molar-refractivity contribution in [2.75, 3.05) is 18.8 Å². The average Bonchev–Trinajstić information content (AvgIpc) is 3.45. The molecule has 1 heterocycles. The molecular weight excluding hydrogens is 742 g/mol. The van der Waals surface area contributed by atoms with Crippen LogP contribution in [0.2, 0.25) is 5.02 Å². The normalized spacial score (nSPS) is 12.4. The minimum absolute atomic E-state index is 0.0604. The van der Waals surface area contributed by atoms with Gasteiger partial charge in [-0.1, -0.05) is 11.6 Å². The van der Waals surface area contributed by atoms with E-state index in [2.05, 4.69) is 0 Å². The lowest BCUT2D eigenvalue weighted by molar-refractivity contribution is -0.138. The molecule has 0 atom stereocenters. The Morgan fingerprint density at radius 2 is 1.40 bits per heavy atom. The van der Waals surface area contributed by atoms with Crippen molar-refractivity contribution in [1.29, 1.82) is 10.5 Å². The van der Waals surface area contributed by atoms with Gasteiger partial charge in [-0.3, -0.25) is 0 Å². The summed E-state index contributed by atoms with van der Waals surface area (Å²) in [6.07, 6.45) is -11.5. The quantitative estimate of drug-likeness (QED) is 0.0913. The van der Waals surface area contributed by atoms with Crippen LogP contribution in [0, 0.1) is 22.7 Å². The number of nitrogens with one attached hydrogen (secondary N) is 1. The number of benzene rings is 3. The van der Waals surface area contributed by atoms with Gasteiger partial charge in [0.1, 0.15) is 34.4 Å².